The molecule has 0 saturated carbocycles. The third-order valence-corrected chi connectivity index (χ3v) is 6.49. The minimum Gasteiger partial charge on any atom is -0.335 e. The second-order valence-corrected chi connectivity index (χ2v) is 9.17. The van der Waals surface area contributed by atoms with Crippen LogP contribution in [0.25, 0.3) is 5.69 Å². The average molecular weight is 375 g/mol. The Labute approximate surface area is 154 Å². The van der Waals surface area contributed by atoms with Gasteiger partial charge in [-0.1, -0.05) is 6.92 Å². The summed E-state index contributed by atoms with van der Waals surface area (Å²) in [4.78, 5) is 14.7. The van der Waals surface area contributed by atoms with Crippen LogP contribution in [0, 0.1) is 13.8 Å². The van der Waals surface area contributed by atoms with Gasteiger partial charge in [0, 0.05) is 23.8 Å². The molecular formula is C19H25N3O3S. The summed E-state index contributed by atoms with van der Waals surface area (Å²) < 4.78 is 25.4. The Balaban J connectivity index is 1.82. The van der Waals surface area contributed by atoms with Gasteiger partial charge in [-0.05, 0) is 57.0 Å². The number of hydrogen-bond donors (Lipinski definition) is 0. The molecule has 7 heteroatoms. The van der Waals surface area contributed by atoms with Gasteiger partial charge in [0.1, 0.15) is 0 Å². The van der Waals surface area contributed by atoms with Crippen molar-refractivity contribution in [1.82, 2.24) is 14.7 Å². The van der Waals surface area contributed by atoms with Crippen molar-refractivity contribution in [1.29, 1.82) is 0 Å². The number of rotatable bonds is 5. The number of nitrogens with zero attached hydrogens (tertiary/aromatic N) is 3. The molecule has 26 heavy (non-hydrogen) atoms. The van der Waals surface area contributed by atoms with E-state index in [2.05, 4.69) is 5.10 Å². The molecule has 2 aromatic rings. The molecule has 1 unspecified atom stereocenters. The number of amides is 1. The maximum Gasteiger partial charge on any atom is 0.254 e. The quantitative estimate of drug-likeness (QED) is 0.805. The highest BCUT2D eigenvalue weighted by Crippen LogP contribution is 2.21. The van der Waals surface area contributed by atoms with Crippen molar-refractivity contribution in [3.05, 3.63) is 47.3 Å². The van der Waals surface area contributed by atoms with Crippen molar-refractivity contribution >= 4 is 15.7 Å². The van der Waals surface area contributed by atoms with E-state index in [4.69, 9.17) is 0 Å². The number of aryl methyl sites for hydroxylation is 2. The van der Waals surface area contributed by atoms with Crippen LogP contribution in [-0.4, -0.2) is 53.1 Å². The number of aromatic nitrogens is 2. The first-order valence-corrected chi connectivity index (χ1v) is 10.8. The molecule has 1 aliphatic heterocycles. The van der Waals surface area contributed by atoms with Crippen molar-refractivity contribution in [2.45, 2.75) is 39.7 Å². The molecule has 3 rings (SSSR count). The summed E-state index contributed by atoms with van der Waals surface area (Å²) in [5, 5.41) is 4.45. The van der Waals surface area contributed by atoms with Crippen molar-refractivity contribution in [3.63, 3.8) is 0 Å². The van der Waals surface area contributed by atoms with Gasteiger partial charge < -0.3 is 4.90 Å². The lowest BCUT2D eigenvalue weighted by Gasteiger charge is -2.28. The molecule has 1 atom stereocenters. The summed E-state index contributed by atoms with van der Waals surface area (Å²) in [6.45, 7) is 6.50. The third-order valence-electron chi connectivity index (χ3n) is 4.74. The molecule has 1 fully saturated rings. The monoisotopic (exact) mass is 375 g/mol. The van der Waals surface area contributed by atoms with Crippen molar-refractivity contribution in [2.75, 3.05) is 18.1 Å². The van der Waals surface area contributed by atoms with Crippen LogP contribution in [0.4, 0.5) is 0 Å². The van der Waals surface area contributed by atoms with E-state index in [-0.39, 0.29) is 23.5 Å². The van der Waals surface area contributed by atoms with E-state index in [1.807, 2.05) is 43.7 Å². The Bertz CT molecular complexity index is 901. The van der Waals surface area contributed by atoms with Crippen LogP contribution < -0.4 is 0 Å². The Hall–Kier alpha value is -2.15. The van der Waals surface area contributed by atoms with Gasteiger partial charge in [0.15, 0.2) is 9.84 Å². The highest BCUT2D eigenvalue weighted by molar-refractivity contribution is 7.91. The summed E-state index contributed by atoms with van der Waals surface area (Å²) >= 11 is 0. The zero-order valence-electron chi connectivity index (χ0n) is 15.5. The fraction of sp³-hybridized carbons (Fsp3) is 0.474. The minimum absolute atomic E-state index is 0.0720. The lowest BCUT2D eigenvalue weighted by atomic mass is 10.1. The summed E-state index contributed by atoms with van der Waals surface area (Å²) in [6, 6.07) is 9.12. The van der Waals surface area contributed by atoms with Crippen molar-refractivity contribution < 1.29 is 13.2 Å². The molecule has 6 nitrogen and oxygen atoms in total. The van der Waals surface area contributed by atoms with Crippen LogP contribution in [0.2, 0.25) is 0 Å². The van der Waals surface area contributed by atoms with Crippen LogP contribution in [-0.2, 0) is 9.84 Å². The largest absolute Gasteiger partial charge is 0.335 e. The molecule has 1 amide bonds. The fourth-order valence-corrected chi connectivity index (χ4v) is 5.24. The Morgan fingerprint density at radius 3 is 2.46 bits per heavy atom. The zero-order chi connectivity index (χ0) is 18.9. The molecule has 1 aromatic carbocycles. The van der Waals surface area contributed by atoms with Crippen LogP contribution >= 0.6 is 0 Å². The maximum atomic E-state index is 13.0. The van der Waals surface area contributed by atoms with Gasteiger partial charge in [0.05, 0.1) is 22.9 Å². The lowest BCUT2D eigenvalue weighted by Crippen LogP contribution is -2.41. The smallest absolute Gasteiger partial charge is 0.254 e. The van der Waals surface area contributed by atoms with E-state index in [1.165, 1.54) is 0 Å². The van der Waals surface area contributed by atoms with E-state index in [9.17, 15) is 13.2 Å². The number of carbonyl (C=O) groups is 1. The van der Waals surface area contributed by atoms with Crippen LogP contribution in [0.15, 0.2) is 30.3 Å². The zero-order valence-corrected chi connectivity index (χ0v) is 16.3. The average Bonchev–Trinajstić information content (AvgIpc) is 3.13. The third kappa shape index (κ3) is 3.82. The van der Waals surface area contributed by atoms with Crippen molar-refractivity contribution in [3.8, 4) is 5.69 Å². The van der Waals surface area contributed by atoms with Gasteiger partial charge in [-0.15, -0.1) is 0 Å². The second kappa shape index (κ2) is 7.23. The molecule has 1 saturated heterocycles. The summed E-state index contributed by atoms with van der Waals surface area (Å²) in [6.07, 6.45) is 1.32. The molecule has 0 aliphatic carbocycles. The number of carbonyl (C=O) groups excluding carboxylic acids is 1. The summed E-state index contributed by atoms with van der Waals surface area (Å²) in [5.74, 6) is 0.138. The molecule has 1 aromatic heterocycles. The first-order chi connectivity index (χ1) is 12.3. The molecule has 0 spiro atoms. The van der Waals surface area contributed by atoms with Crippen LogP contribution in [0.3, 0.4) is 0 Å². The SMILES string of the molecule is CCCN(C(=O)c1ccc(-n2nc(C)cc2C)cc1)C1CCS(=O)(=O)C1. The molecule has 140 valence electrons. The van der Waals surface area contributed by atoms with E-state index in [0.29, 0.717) is 18.5 Å². The van der Waals surface area contributed by atoms with E-state index >= 15 is 0 Å². The predicted molar refractivity (Wildman–Crippen MR) is 101 cm³/mol. The highest BCUT2D eigenvalue weighted by Gasteiger charge is 2.34. The first-order valence-electron chi connectivity index (χ1n) is 8.96. The van der Waals surface area contributed by atoms with Crippen LogP contribution in [0.1, 0.15) is 41.5 Å². The number of hydrogen-bond acceptors (Lipinski definition) is 4. The number of benzene rings is 1. The van der Waals surface area contributed by atoms with Gasteiger partial charge in [-0.25, -0.2) is 13.1 Å². The first kappa shape index (κ1) is 18.6. The van der Waals surface area contributed by atoms with Gasteiger partial charge in [0.2, 0.25) is 0 Å². The Morgan fingerprint density at radius 1 is 1.27 bits per heavy atom. The number of sulfone groups is 1. The summed E-state index contributed by atoms with van der Waals surface area (Å²) in [5.41, 5.74) is 3.45. The normalized spacial score (nSPS) is 18.8. The molecule has 0 N–H and O–H groups in total. The van der Waals surface area contributed by atoms with Crippen molar-refractivity contribution in [2.24, 2.45) is 0 Å². The van der Waals surface area contributed by atoms with Gasteiger partial charge >= 0.3 is 0 Å². The summed E-state index contributed by atoms with van der Waals surface area (Å²) in [7, 11) is -3.03. The predicted octanol–water partition coefficient (Wildman–Crippen LogP) is 2.53. The second-order valence-electron chi connectivity index (χ2n) is 6.94. The molecule has 0 bridgehead atoms. The van der Waals surface area contributed by atoms with E-state index in [1.54, 1.807) is 17.0 Å². The van der Waals surface area contributed by atoms with Gasteiger partial charge in [-0.3, -0.25) is 4.79 Å². The molecule has 1 aliphatic rings. The van der Waals surface area contributed by atoms with Gasteiger partial charge in [-0.2, -0.15) is 5.10 Å². The van der Waals surface area contributed by atoms with Crippen LogP contribution in [0.5, 0.6) is 0 Å². The van der Waals surface area contributed by atoms with Gasteiger partial charge in [0.25, 0.3) is 5.91 Å². The minimum atomic E-state index is -3.03. The topological polar surface area (TPSA) is 72.3 Å². The molecule has 0 radical (unpaired) electrons. The molecular weight excluding hydrogens is 350 g/mol. The standard InChI is InChI=1S/C19H25N3O3S/c1-4-10-21(18-9-11-26(24,25)13-18)19(23)16-5-7-17(8-6-16)22-15(3)12-14(2)20-22/h5-8,12,18H,4,9-11,13H2,1-3H3. The highest BCUT2D eigenvalue weighted by atomic mass is 32.2. The maximum absolute atomic E-state index is 13.0. The Morgan fingerprint density at radius 2 is 1.96 bits per heavy atom. The fourth-order valence-electron chi connectivity index (χ4n) is 3.51. The lowest BCUT2D eigenvalue weighted by molar-refractivity contribution is 0.0697. The Kier molecular flexibility index (Phi) is 5.18. The van der Waals surface area contributed by atoms with E-state index < -0.39 is 9.84 Å². The molecule has 2 heterocycles. The van der Waals surface area contributed by atoms with E-state index in [0.717, 1.165) is 23.5 Å².